The van der Waals surface area contributed by atoms with Gasteiger partial charge in [-0.25, -0.2) is 4.98 Å². The van der Waals surface area contributed by atoms with Gasteiger partial charge in [-0.3, -0.25) is 4.79 Å². The molecule has 1 amide bonds. The summed E-state index contributed by atoms with van der Waals surface area (Å²) in [5.41, 5.74) is 0.222. The van der Waals surface area contributed by atoms with Gasteiger partial charge < -0.3 is 19.5 Å². The number of rotatable bonds is 5. The third-order valence-electron chi connectivity index (χ3n) is 4.43. The van der Waals surface area contributed by atoms with Crippen molar-refractivity contribution in [3.63, 3.8) is 0 Å². The van der Waals surface area contributed by atoms with Gasteiger partial charge in [0.05, 0.1) is 18.1 Å². The van der Waals surface area contributed by atoms with Crippen LogP contribution < -0.4 is 10.1 Å². The molecule has 0 saturated heterocycles. The first-order valence-corrected chi connectivity index (χ1v) is 9.68. The molecule has 0 bridgehead atoms. The van der Waals surface area contributed by atoms with Crippen molar-refractivity contribution in [1.29, 1.82) is 0 Å². The predicted molar refractivity (Wildman–Crippen MR) is 114 cm³/mol. The minimum atomic E-state index is -4.55. The van der Waals surface area contributed by atoms with Crippen molar-refractivity contribution in [2.75, 3.05) is 5.32 Å². The van der Waals surface area contributed by atoms with Crippen LogP contribution in [-0.2, 0) is 17.6 Å². The number of nitrogens with zero attached hydrogens (tertiary/aromatic N) is 1. The van der Waals surface area contributed by atoms with Crippen molar-refractivity contribution >= 4 is 11.6 Å². The van der Waals surface area contributed by atoms with E-state index >= 15 is 0 Å². The highest BCUT2D eigenvalue weighted by Gasteiger charge is 2.33. The SMILES string of the molecule is O=C(C#Cc1ccccc1)Nc1cc(-c2ncc(C(F)(F)F)[nH]2)ccc1OCc1ccco1. The van der Waals surface area contributed by atoms with Gasteiger partial charge in [0.1, 0.15) is 29.6 Å². The molecule has 2 aromatic heterocycles. The molecule has 2 N–H and O–H groups in total. The van der Waals surface area contributed by atoms with Crippen LogP contribution >= 0.6 is 0 Å². The van der Waals surface area contributed by atoms with Gasteiger partial charge in [0.2, 0.25) is 0 Å². The van der Waals surface area contributed by atoms with E-state index in [1.807, 2.05) is 6.07 Å². The van der Waals surface area contributed by atoms with E-state index in [-0.39, 0.29) is 23.9 Å². The van der Waals surface area contributed by atoms with Crippen LogP contribution in [0.4, 0.5) is 18.9 Å². The van der Waals surface area contributed by atoms with E-state index in [1.54, 1.807) is 36.4 Å². The molecule has 0 radical (unpaired) electrons. The zero-order chi connectivity index (χ0) is 23.3. The number of nitrogens with one attached hydrogen (secondary N) is 2. The Morgan fingerprint density at radius 1 is 1.12 bits per heavy atom. The van der Waals surface area contributed by atoms with E-state index in [9.17, 15) is 18.0 Å². The van der Waals surface area contributed by atoms with E-state index < -0.39 is 17.8 Å². The number of ether oxygens (including phenoxy) is 1. The van der Waals surface area contributed by atoms with E-state index in [0.717, 1.165) is 0 Å². The van der Waals surface area contributed by atoms with Crippen molar-refractivity contribution in [3.8, 4) is 29.0 Å². The summed E-state index contributed by atoms with van der Waals surface area (Å²) >= 11 is 0. The molecule has 9 heteroatoms. The summed E-state index contributed by atoms with van der Waals surface area (Å²) < 4.78 is 49.7. The molecule has 0 atom stereocenters. The van der Waals surface area contributed by atoms with Gasteiger partial charge in [0.25, 0.3) is 0 Å². The Balaban J connectivity index is 1.60. The standard InChI is InChI=1S/C24H16F3N3O3/c25-24(26,27)21-14-28-23(30-21)17-9-10-20(33-15-18-7-4-12-32-18)19(13-17)29-22(31)11-8-16-5-2-1-3-6-16/h1-7,9-10,12-14H,15H2,(H,28,30)(H,29,31). The molecule has 166 valence electrons. The Kier molecular flexibility index (Phi) is 6.17. The van der Waals surface area contributed by atoms with Gasteiger partial charge >= 0.3 is 12.1 Å². The predicted octanol–water partition coefficient (Wildman–Crippen LogP) is 5.26. The first kappa shape index (κ1) is 21.8. The van der Waals surface area contributed by atoms with Crippen LogP contribution in [0, 0.1) is 11.8 Å². The number of benzene rings is 2. The van der Waals surface area contributed by atoms with Gasteiger partial charge in [0.15, 0.2) is 0 Å². The molecule has 0 spiro atoms. The lowest BCUT2D eigenvalue weighted by atomic mass is 10.1. The molecule has 6 nitrogen and oxygen atoms in total. The minimum absolute atomic E-state index is 0.00854. The largest absolute Gasteiger partial charge is 0.483 e. The van der Waals surface area contributed by atoms with Crippen LogP contribution in [0.15, 0.2) is 77.5 Å². The van der Waals surface area contributed by atoms with Crippen molar-refractivity contribution in [1.82, 2.24) is 9.97 Å². The third-order valence-corrected chi connectivity index (χ3v) is 4.43. The Hall–Kier alpha value is -4.45. The average molecular weight is 451 g/mol. The summed E-state index contributed by atoms with van der Waals surface area (Å²) in [7, 11) is 0. The molecule has 0 aliphatic heterocycles. The molecule has 2 heterocycles. The molecule has 0 saturated carbocycles. The number of carbonyl (C=O) groups excluding carboxylic acids is 1. The van der Waals surface area contributed by atoms with Crippen LogP contribution in [0.3, 0.4) is 0 Å². The number of imidazole rings is 1. The number of amides is 1. The van der Waals surface area contributed by atoms with Gasteiger partial charge in [-0.15, -0.1) is 0 Å². The Morgan fingerprint density at radius 2 is 1.94 bits per heavy atom. The number of furan rings is 1. The fourth-order valence-electron chi connectivity index (χ4n) is 2.86. The molecule has 4 rings (SSSR count). The summed E-state index contributed by atoms with van der Waals surface area (Å²) in [6, 6.07) is 16.9. The first-order chi connectivity index (χ1) is 15.9. The van der Waals surface area contributed by atoms with Crippen LogP contribution in [-0.4, -0.2) is 15.9 Å². The monoisotopic (exact) mass is 451 g/mol. The molecule has 0 fully saturated rings. The van der Waals surface area contributed by atoms with Crippen molar-refractivity contribution in [3.05, 3.63) is 90.1 Å². The number of carbonyl (C=O) groups is 1. The van der Waals surface area contributed by atoms with Gasteiger partial charge in [-0.2, -0.15) is 13.2 Å². The lowest BCUT2D eigenvalue weighted by molar-refractivity contribution is -0.140. The maximum atomic E-state index is 12.9. The van der Waals surface area contributed by atoms with Gasteiger partial charge in [-0.1, -0.05) is 24.1 Å². The zero-order valence-corrected chi connectivity index (χ0v) is 16.9. The van der Waals surface area contributed by atoms with Gasteiger partial charge in [-0.05, 0) is 42.5 Å². The second-order valence-corrected chi connectivity index (χ2v) is 6.79. The topological polar surface area (TPSA) is 80.2 Å². The van der Waals surface area contributed by atoms with Crippen molar-refractivity contribution < 1.29 is 27.1 Å². The average Bonchev–Trinajstić information content (AvgIpc) is 3.50. The number of halogens is 3. The van der Waals surface area contributed by atoms with E-state index in [2.05, 4.69) is 27.1 Å². The van der Waals surface area contributed by atoms with Crippen molar-refractivity contribution in [2.45, 2.75) is 12.8 Å². The summed E-state index contributed by atoms with van der Waals surface area (Å²) in [6.45, 7) is 0.0872. The summed E-state index contributed by atoms with van der Waals surface area (Å²) in [5.74, 6) is 5.44. The Bertz CT molecular complexity index is 1300. The second-order valence-electron chi connectivity index (χ2n) is 6.79. The molecule has 0 unspecified atom stereocenters. The van der Waals surface area contributed by atoms with Crippen molar-refractivity contribution in [2.24, 2.45) is 0 Å². The number of aromatic amines is 1. The van der Waals surface area contributed by atoms with Crippen LogP contribution in [0.25, 0.3) is 11.4 Å². The van der Waals surface area contributed by atoms with Crippen LogP contribution in [0.5, 0.6) is 5.75 Å². The quantitative estimate of drug-likeness (QED) is 0.406. The van der Waals surface area contributed by atoms with E-state index in [0.29, 0.717) is 23.1 Å². The second kappa shape index (κ2) is 9.36. The first-order valence-electron chi connectivity index (χ1n) is 9.68. The summed E-state index contributed by atoms with van der Waals surface area (Å²) in [4.78, 5) is 18.5. The number of alkyl halides is 3. The zero-order valence-electron chi connectivity index (χ0n) is 16.9. The highest BCUT2D eigenvalue weighted by molar-refractivity contribution is 6.05. The van der Waals surface area contributed by atoms with Gasteiger partial charge in [0, 0.05) is 17.0 Å². The maximum absolute atomic E-state index is 12.9. The number of hydrogen-bond acceptors (Lipinski definition) is 4. The highest BCUT2D eigenvalue weighted by Crippen LogP contribution is 2.33. The molecular weight excluding hydrogens is 435 g/mol. The summed E-state index contributed by atoms with van der Waals surface area (Å²) in [6.07, 6.45) is -2.35. The highest BCUT2D eigenvalue weighted by atomic mass is 19.4. The lowest BCUT2D eigenvalue weighted by Gasteiger charge is -2.12. The fraction of sp³-hybridized carbons (Fsp3) is 0.0833. The molecule has 2 aromatic carbocycles. The van der Waals surface area contributed by atoms with Crippen LogP contribution in [0.2, 0.25) is 0 Å². The molecule has 0 aliphatic rings. The molecular formula is C24H16F3N3O3. The Labute approximate surface area is 186 Å². The number of H-pyrrole nitrogens is 1. The normalized spacial score (nSPS) is 10.9. The lowest BCUT2D eigenvalue weighted by Crippen LogP contribution is -2.10. The molecule has 4 aromatic rings. The third kappa shape index (κ3) is 5.62. The fourth-order valence-corrected chi connectivity index (χ4v) is 2.86. The smallest absolute Gasteiger partial charge is 0.432 e. The Morgan fingerprint density at radius 3 is 2.64 bits per heavy atom. The van der Waals surface area contributed by atoms with Crippen LogP contribution in [0.1, 0.15) is 17.0 Å². The maximum Gasteiger partial charge on any atom is 0.432 e. The number of hydrogen-bond donors (Lipinski definition) is 2. The molecule has 0 aliphatic carbocycles. The van der Waals surface area contributed by atoms with E-state index in [4.69, 9.17) is 9.15 Å². The van der Waals surface area contributed by atoms with E-state index in [1.165, 1.54) is 24.5 Å². The molecule has 33 heavy (non-hydrogen) atoms. The number of anilines is 1. The summed E-state index contributed by atoms with van der Waals surface area (Å²) in [5, 5.41) is 2.63. The number of aromatic nitrogens is 2. The minimum Gasteiger partial charge on any atom is -0.483 e.